The molecule has 1 aromatic carbocycles. The maximum absolute atomic E-state index is 13.2. The van der Waals surface area contributed by atoms with Gasteiger partial charge in [-0.25, -0.2) is 8.42 Å². The molecule has 0 unspecified atom stereocenters. The molecule has 25 heavy (non-hydrogen) atoms. The summed E-state index contributed by atoms with van der Waals surface area (Å²) >= 11 is 0. The first kappa shape index (κ1) is 19.7. The van der Waals surface area contributed by atoms with Crippen LogP contribution in [0, 0.1) is 6.92 Å². The number of ether oxygens (including phenoxy) is 1. The summed E-state index contributed by atoms with van der Waals surface area (Å²) < 4.78 is 32.9. The molecular formula is C17H27N3O4S. The van der Waals surface area contributed by atoms with E-state index in [4.69, 9.17) is 10.5 Å². The van der Waals surface area contributed by atoms with E-state index in [9.17, 15) is 13.2 Å². The fourth-order valence-corrected chi connectivity index (χ4v) is 5.08. The molecular weight excluding hydrogens is 342 g/mol. The van der Waals surface area contributed by atoms with Crippen LogP contribution in [0.3, 0.4) is 0 Å². The Kier molecular flexibility index (Phi) is 6.08. The van der Waals surface area contributed by atoms with E-state index in [0.717, 1.165) is 5.56 Å². The zero-order valence-corrected chi connectivity index (χ0v) is 16.0. The Labute approximate surface area is 149 Å². The molecule has 1 aromatic rings. The van der Waals surface area contributed by atoms with Gasteiger partial charge < -0.3 is 15.4 Å². The van der Waals surface area contributed by atoms with Crippen molar-refractivity contribution in [1.29, 1.82) is 0 Å². The molecule has 0 saturated carbocycles. The third kappa shape index (κ3) is 3.80. The maximum Gasteiger partial charge on any atom is 0.247 e. The summed E-state index contributed by atoms with van der Waals surface area (Å²) in [6, 6.07) is 3.84. The summed E-state index contributed by atoms with van der Waals surface area (Å²) in [5, 5.41) is 0. The van der Waals surface area contributed by atoms with E-state index in [0.29, 0.717) is 19.5 Å². The molecule has 0 bridgehead atoms. The SMILES string of the molecule is CCN(CC)C(=O)[C@@H]1C[C@@H](N)CN1S(=O)(=O)c1cc(C)ccc1OC. The van der Waals surface area contributed by atoms with Gasteiger partial charge in [-0.2, -0.15) is 4.31 Å². The molecule has 1 fully saturated rings. The normalized spacial score (nSPS) is 21.3. The number of hydrogen-bond acceptors (Lipinski definition) is 5. The van der Waals surface area contributed by atoms with Crippen LogP contribution < -0.4 is 10.5 Å². The van der Waals surface area contributed by atoms with Crippen LogP contribution in [0.15, 0.2) is 23.1 Å². The molecule has 0 spiro atoms. The van der Waals surface area contributed by atoms with Crippen molar-refractivity contribution < 1.29 is 17.9 Å². The Morgan fingerprint density at radius 2 is 2.00 bits per heavy atom. The number of methoxy groups -OCH3 is 1. The third-order valence-corrected chi connectivity index (χ3v) is 6.45. The summed E-state index contributed by atoms with van der Waals surface area (Å²) in [5.74, 6) is 0.0632. The zero-order valence-electron chi connectivity index (χ0n) is 15.2. The Morgan fingerprint density at radius 3 is 2.56 bits per heavy atom. The van der Waals surface area contributed by atoms with Crippen molar-refractivity contribution in [1.82, 2.24) is 9.21 Å². The van der Waals surface area contributed by atoms with Crippen LogP contribution in [-0.4, -0.2) is 62.4 Å². The van der Waals surface area contributed by atoms with Gasteiger partial charge in [0.25, 0.3) is 0 Å². The number of hydrogen-bond donors (Lipinski definition) is 1. The summed E-state index contributed by atoms with van der Waals surface area (Å²) in [7, 11) is -2.47. The Balaban J connectivity index is 2.46. The fraction of sp³-hybridized carbons (Fsp3) is 0.588. The van der Waals surface area contributed by atoms with Gasteiger partial charge in [0.15, 0.2) is 0 Å². The van der Waals surface area contributed by atoms with Crippen molar-refractivity contribution in [2.75, 3.05) is 26.7 Å². The molecule has 1 aliphatic rings. The van der Waals surface area contributed by atoms with E-state index in [1.165, 1.54) is 11.4 Å². The number of carbonyl (C=O) groups excluding carboxylic acids is 1. The third-order valence-electron chi connectivity index (χ3n) is 4.55. The van der Waals surface area contributed by atoms with Gasteiger partial charge in [0.05, 0.1) is 7.11 Å². The number of carbonyl (C=O) groups is 1. The van der Waals surface area contributed by atoms with Crippen LogP contribution in [0.4, 0.5) is 0 Å². The van der Waals surface area contributed by atoms with Gasteiger partial charge in [0, 0.05) is 25.7 Å². The van der Waals surface area contributed by atoms with Crippen molar-refractivity contribution >= 4 is 15.9 Å². The number of rotatable bonds is 6. The predicted octanol–water partition coefficient (Wildman–Crippen LogP) is 0.962. The number of aryl methyl sites for hydroxylation is 1. The molecule has 1 amide bonds. The second kappa shape index (κ2) is 7.72. The second-order valence-corrected chi connectivity index (χ2v) is 8.11. The van der Waals surface area contributed by atoms with Crippen LogP contribution in [-0.2, 0) is 14.8 Å². The lowest BCUT2D eigenvalue weighted by atomic mass is 10.1. The van der Waals surface area contributed by atoms with Crippen molar-refractivity contribution in [3.8, 4) is 5.75 Å². The smallest absolute Gasteiger partial charge is 0.247 e. The Bertz CT molecular complexity index is 731. The maximum atomic E-state index is 13.2. The molecule has 140 valence electrons. The number of amides is 1. The van der Waals surface area contributed by atoms with Crippen molar-refractivity contribution in [3.63, 3.8) is 0 Å². The number of sulfonamides is 1. The lowest BCUT2D eigenvalue weighted by Crippen LogP contribution is -2.47. The molecule has 2 atom stereocenters. The highest BCUT2D eigenvalue weighted by atomic mass is 32.2. The molecule has 0 aliphatic carbocycles. The van der Waals surface area contributed by atoms with Gasteiger partial charge in [-0.15, -0.1) is 0 Å². The minimum Gasteiger partial charge on any atom is -0.495 e. The van der Waals surface area contributed by atoms with Crippen LogP contribution >= 0.6 is 0 Å². The van der Waals surface area contributed by atoms with Gasteiger partial charge in [0.1, 0.15) is 16.7 Å². The minimum absolute atomic E-state index is 0.0708. The summed E-state index contributed by atoms with van der Waals surface area (Å²) in [5.41, 5.74) is 6.80. The Hall–Kier alpha value is -1.64. The van der Waals surface area contributed by atoms with E-state index < -0.39 is 16.1 Å². The first-order valence-electron chi connectivity index (χ1n) is 8.47. The highest BCUT2D eigenvalue weighted by Gasteiger charge is 2.44. The van der Waals surface area contributed by atoms with Crippen molar-refractivity contribution in [2.45, 2.75) is 44.2 Å². The number of likely N-dealkylation sites (N-methyl/N-ethyl adjacent to an activating group) is 1. The molecule has 1 aliphatic heterocycles. The number of nitrogens with zero attached hydrogens (tertiary/aromatic N) is 2. The van der Waals surface area contributed by atoms with E-state index in [-0.39, 0.29) is 29.1 Å². The van der Waals surface area contributed by atoms with Crippen molar-refractivity contribution in [2.24, 2.45) is 5.73 Å². The molecule has 0 radical (unpaired) electrons. The average Bonchev–Trinajstić information content (AvgIpc) is 2.98. The average molecular weight is 369 g/mol. The highest BCUT2D eigenvalue weighted by molar-refractivity contribution is 7.89. The van der Waals surface area contributed by atoms with Gasteiger partial charge in [-0.1, -0.05) is 6.07 Å². The molecule has 7 nitrogen and oxygen atoms in total. The van der Waals surface area contributed by atoms with Crippen LogP contribution in [0.5, 0.6) is 5.75 Å². The number of benzene rings is 1. The fourth-order valence-electron chi connectivity index (χ4n) is 3.18. The quantitative estimate of drug-likeness (QED) is 0.806. The largest absolute Gasteiger partial charge is 0.495 e. The number of nitrogens with two attached hydrogens (primary N) is 1. The molecule has 1 saturated heterocycles. The monoisotopic (exact) mass is 369 g/mol. The van der Waals surface area contributed by atoms with Gasteiger partial charge in [-0.05, 0) is 44.9 Å². The molecule has 2 rings (SSSR count). The van der Waals surface area contributed by atoms with Gasteiger partial charge >= 0.3 is 0 Å². The first-order valence-corrected chi connectivity index (χ1v) is 9.91. The summed E-state index contributed by atoms with van der Waals surface area (Å²) in [6.45, 7) is 6.74. The standard InChI is InChI=1S/C17H27N3O4S/c1-5-19(6-2)17(21)14-10-13(18)11-20(14)25(22,23)16-9-12(3)7-8-15(16)24-4/h7-9,13-14H,5-6,10-11,18H2,1-4H3/t13-,14+/m1/s1. The summed E-state index contributed by atoms with van der Waals surface area (Å²) in [6.07, 6.45) is 0.322. The van der Waals surface area contributed by atoms with E-state index in [1.54, 1.807) is 23.1 Å². The van der Waals surface area contributed by atoms with E-state index in [2.05, 4.69) is 0 Å². The minimum atomic E-state index is -3.90. The predicted molar refractivity (Wildman–Crippen MR) is 95.9 cm³/mol. The van der Waals surface area contributed by atoms with Crippen molar-refractivity contribution in [3.05, 3.63) is 23.8 Å². The van der Waals surface area contributed by atoms with Gasteiger partial charge in [-0.3, -0.25) is 4.79 Å². The van der Waals surface area contributed by atoms with E-state index in [1.807, 2.05) is 20.8 Å². The molecule has 1 heterocycles. The highest BCUT2D eigenvalue weighted by Crippen LogP contribution is 2.32. The van der Waals surface area contributed by atoms with E-state index >= 15 is 0 Å². The molecule has 0 aromatic heterocycles. The molecule has 2 N–H and O–H groups in total. The van der Waals surface area contributed by atoms with Gasteiger partial charge in [0.2, 0.25) is 15.9 Å². The lowest BCUT2D eigenvalue weighted by Gasteiger charge is -2.28. The summed E-state index contributed by atoms with van der Waals surface area (Å²) in [4.78, 5) is 14.5. The van der Waals surface area contributed by atoms with Crippen LogP contribution in [0.25, 0.3) is 0 Å². The van der Waals surface area contributed by atoms with Crippen LogP contribution in [0.2, 0.25) is 0 Å². The second-order valence-electron chi connectivity index (χ2n) is 6.25. The molecule has 8 heteroatoms. The first-order chi connectivity index (χ1) is 11.8. The Morgan fingerprint density at radius 1 is 1.36 bits per heavy atom. The topological polar surface area (TPSA) is 92.9 Å². The lowest BCUT2D eigenvalue weighted by molar-refractivity contribution is -0.134. The zero-order chi connectivity index (χ0) is 18.8. The van der Waals surface area contributed by atoms with Crippen LogP contribution in [0.1, 0.15) is 25.8 Å².